The SMILES string of the molecule is CC(C)S(=O)(=O)c1ccc(CC(=O)N2CCN(c3ccc(N(C)C)nn3)CC2)cc1. The maximum Gasteiger partial charge on any atom is 0.227 e. The highest BCUT2D eigenvalue weighted by Crippen LogP contribution is 2.18. The Kier molecular flexibility index (Phi) is 6.60. The van der Waals surface area contributed by atoms with Crippen molar-refractivity contribution in [1.29, 1.82) is 0 Å². The maximum absolute atomic E-state index is 12.7. The fraction of sp³-hybridized carbons (Fsp3) is 0.476. The van der Waals surface area contributed by atoms with Crippen molar-refractivity contribution in [2.75, 3.05) is 50.1 Å². The van der Waals surface area contributed by atoms with Gasteiger partial charge in [-0.2, -0.15) is 0 Å². The first-order chi connectivity index (χ1) is 14.2. The van der Waals surface area contributed by atoms with Crippen LogP contribution < -0.4 is 9.80 Å². The molecule has 162 valence electrons. The van der Waals surface area contributed by atoms with Gasteiger partial charge in [-0.25, -0.2) is 8.42 Å². The van der Waals surface area contributed by atoms with Crippen LogP contribution in [0.15, 0.2) is 41.3 Å². The number of rotatable bonds is 6. The predicted molar refractivity (Wildman–Crippen MR) is 118 cm³/mol. The molecule has 1 saturated heterocycles. The number of carbonyl (C=O) groups excluding carboxylic acids is 1. The molecule has 8 nitrogen and oxygen atoms in total. The van der Waals surface area contributed by atoms with Crippen LogP contribution in [0, 0.1) is 0 Å². The summed E-state index contributed by atoms with van der Waals surface area (Å²) in [6.07, 6.45) is 0.263. The Hall–Kier alpha value is -2.68. The lowest BCUT2D eigenvalue weighted by molar-refractivity contribution is -0.130. The summed E-state index contributed by atoms with van der Waals surface area (Å²) in [4.78, 5) is 18.8. The van der Waals surface area contributed by atoms with Gasteiger partial charge >= 0.3 is 0 Å². The summed E-state index contributed by atoms with van der Waals surface area (Å²) in [6, 6.07) is 10.5. The summed E-state index contributed by atoms with van der Waals surface area (Å²) in [6.45, 7) is 5.97. The number of nitrogens with zero attached hydrogens (tertiary/aromatic N) is 5. The Morgan fingerprint density at radius 3 is 2.13 bits per heavy atom. The van der Waals surface area contributed by atoms with E-state index in [2.05, 4.69) is 15.1 Å². The highest BCUT2D eigenvalue weighted by atomic mass is 32.2. The van der Waals surface area contributed by atoms with Gasteiger partial charge in [-0.15, -0.1) is 10.2 Å². The van der Waals surface area contributed by atoms with Crippen molar-refractivity contribution in [2.24, 2.45) is 0 Å². The van der Waals surface area contributed by atoms with E-state index in [1.54, 1.807) is 38.1 Å². The number of amides is 1. The molecule has 1 aromatic carbocycles. The van der Waals surface area contributed by atoms with Gasteiger partial charge in [0.2, 0.25) is 5.91 Å². The summed E-state index contributed by atoms with van der Waals surface area (Å²) in [5, 5.41) is 8.03. The number of sulfone groups is 1. The highest BCUT2D eigenvalue weighted by molar-refractivity contribution is 7.92. The zero-order chi connectivity index (χ0) is 21.9. The third-order valence-corrected chi connectivity index (χ3v) is 7.45. The molecule has 0 atom stereocenters. The first-order valence-corrected chi connectivity index (χ1v) is 11.6. The van der Waals surface area contributed by atoms with Gasteiger partial charge in [0.1, 0.15) is 0 Å². The van der Waals surface area contributed by atoms with Crippen molar-refractivity contribution < 1.29 is 13.2 Å². The lowest BCUT2D eigenvalue weighted by atomic mass is 10.1. The normalized spacial score (nSPS) is 14.8. The van der Waals surface area contributed by atoms with Crippen LogP contribution in [-0.2, 0) is 21.1 Å². The van der Waals surface area contributed by atoms with Crippen molar-refractivity contribution in [2.45, 2.75) is 30.4 Å². The smallest absolute Gasteiger partial charge is 0.227 e. The number of hydrogen-bond donors (Lipinski definition) is 0. The van der Waals surface area contributed by atoms with Crippen LogP contribution >= 0.6 is 0 Å². The van der Waals surface area contributed by atoms with Gasteiger partial charge in [0, 0.05) is 40.3 Å². The monoisotopic (exact) mass is 431 g/mol. The molecule has 30 heavy (non-hydrogen) atoms. The molecular formula is C21H29N5O3S. The van der Waals surface area contributed by atoms with Crippen molar-refractivity contribution in [3.63, 3.8) is 0 Å². The number of hydrogen-bond acceptors (Lipinski definition) is 7. The Morgan fingerprint density at radius 2 is 1.63 bits per heavy atom. The summed E-state index contributed by atoms with van der Waals surface area (Å²) in [5.74, 6) is 1.66. The standard InChI is InChI=1S/C21H29N5O3S/c1-16(2)30(28,29)18-7-5-17(6-8-18)15-21(27)26-13-11-25(12-14-26)20-10-9-19(22-23-20)24(3)4/h5-10,16H,11-15H2,1-4H3. The minimum absolute atomic E-state index is 0.0446. The number of carbonyl (C=O) groups is 1. The van der Waals surface area contributed by atoms with Crippen molar-refractivity contribution in [3.05, 3.63) is 42.0 Å². The third kappa shape index (κ3) is 4.89. The minimum atomic E-state index is -3.30. The van der Waals surface area contributed by atoms with Crippen LogP contribution in [0.4, 0.5) is 11.6 Å². The highest BCUT2D eigenvalue weighted by Gasteiger charge is 2.23. The molecule has 0 bridgehead atoms. The average Bonchev–Trinajstić information content (AvgIpc) is 2.74. The zero-order valence-electron chi connectivity index (χ0n) is 17.9. The summed E-state index contributed by atoms with van der Waals surface area (Å²) in [7, 11) is 0.546. The van der Waals surface area contributed by atoms with E-state index >= 15 is 0 Å². The lowest BCUT2D eigenvalue weighted by Gasteiger charge is -2.35. The van der Waals surface area contributed by atoms with Gasteiger partial charge in [0.15, 0.2) is 21.5 Å². The molecule has 0 radical (unpaired) electrons. The Morgan fingerprint density at radius 1 is 1.00 bits per heavy atom. The average molecular weight is 432 g/mol. The van der Waals surface area contributed by atoms with Crippen LogP contribution in [0.5, 0.6) is 0 Å². The molecule has 0 aliphatic carbocycles. The number of aromatic nitrogens is 2. The van der Waals surface area contributed by atoms with Crippen LogP contribution in [0.2, 0.25) is 0 Å². The van der Waals surface area contributed by atoms with E-state index in [9.17, 15) is 13.2 Å². The molecule has 9 heteroatoms. The van der Waals surface area contributed by atoms with E-state index in [0.29, 0.717) is 31.1 Å². The topological polar surface area (TPSA) is 86.7 Å². The molecule has 1 aliphatic rings. The predicted octanol–water partition coefficient (Wildman–Crippen LogP) is 1.62. The molecule has 0 saturated carbocycles. The Bertz CT molecular complexity index is 965. The second-order valence-corrected chi connectivity index (χ2v) is 10.4. The molecule has 0 spiro atoms. The van der Waals surface area contributed by atoms with E-state index in [-0.39, 0.29) is 12.3 Å². The lowest BCUT2D eigenvalue weighted by Crippen LogP contribution is -2.49. The van der Waals surface area contributed by atoms with Crippen LogP contribution in [0.1, 0.15) is 19.4 Å². The van der Waals surface area contributed by atoms with Gasteiger partial charge in [0.25, 0.3) is 0 Å². The fourth-order valence-corrected chi connectivity index (χ4v) is 4.33. The molecule has 1 amide bonds. The number of benzene rings is 1. The molecule has 0 unspecified atom stereocenters. The molecule has 2 aromatic rings. The minimum Gasteiger partial charge on any atom is -0.361 e. The van der Waals surface area contributed by atoms with Crippen LogP contribution in [0.25, 0.3) is 0 Å². The first-order valence-electron chi connectivity index (χ1n) is 10.0. The summed E-state index contributed by atoms with van der Waals surface area (Å²) < 4.78 is 24.4. The van der Waals surface area contributed by atoms with Crippen LogP contribution in [-0.4, -0.2) is 74.9 Å². The summed E-state index contributed by atoms with van der Waals surface area (Å²) >= 11 is 0. The van der Waals surface area contributed by atoms with Gasteiger partial charge in [-0.3, -0.25) is 4.79 Å². The molecular weight excluding hydrogens is 402 g/mol. The first kappa shape index (κ1) is 22.0. The molecule has 1 aromatic heterocycles. The van der Waals surface area contributed by atoms with Crippen molar-refractivity contribution in [3.8, 4) is 0 Å². The van der Waals surface area contributed by atoms with E-state index in [4.69, 9.17) is 0 Å². The quantitative estimate of drug-likeness (QED) is 0.687. The van der Waals surface area contributed by atoms with E-state index < -0.39 is 15.1 Å². The second kappa shape index (κ2) is 8.99. The van der Waals surface area contributed by atoms with Crippen molar-refractivity contribution >= 4 is 27.4 Å². The molecule has 1 aliphatic heterocycles. The molecule has 3 rings (SSSR count). The van der Waals surface area contributed by atoms with Crippen LogP contribution in [0.3, 0.4) is 0 Å². The fourth-order valence-electron chi connectivity index (χ4n) is 3.27. The Balaban J connectivity index is 1.55. The van der Waals surface area contributed by atoms with Crippen molar-refractivity contribution in [1.82, 2.24) is 15.1 Å². The zero-order valence-corrected chi connectivity index (χ0v) is 18.8. The summed E-state index contributed by atoms with van der Waals surface area (Å²) in [5.41, 5.74) is 0.815. The molecule has 2 heterocycles. The van der Waals surface area contributed by atoms with E-state index in [1.165, 1.54) is 0 Å². The molecule has 0 N–H and O–H groups in total. The van der Waals surface area contributed by atoms with Gasteiger partial charge in [-0.1, -0.05) is 12.1 Å². The van der Waals surface area contributed by atoms with E-state index in [0.717, 1.165) is 17.2 Å². The van der Waals surface area contributed by atoms with Gasteiger partial charge in [-0.05, 0) is 43.7 Å². The van der Waals surface area contributed by atoms with Gasteiger partial charge < -0.3 is 14.7 Å². The molecule has 1 fully saturated rings. The second-order valence-electron chi connectivity index (χ2n) is 7.93. The largest absolute Gasteiger partial charge is 0.361 e. The maximum atomic E-state index is 12.7. The Labute approximate surface area is 178 Å². The van der Waals surface area contributed by atoms with Gasteiger partial charge in [0.05, 0.1) is 16.6 Å². The third-order valence-electron chi connectivity index (χ3n) is 5.28. The number of piperazine rings is 1. The number of anilines is 2. The van der Waals surface area contributed by atoms with E-state index in [1.807, 2.05) is 36.0 Å².